The van der Waals surface area contributed by atoms with Crippen LogP contribution in [0.4, 0.5) is 13.2 Å². The first-order valence-electron chi connectivity index (χ1n) is 7.94. The van der Waals surface area contributed by atoms with Crippen molar-refractivity contribution in [3.63, 3.8) is 0 Å². The number of piperidine rings is 1. The van der Waals surface area contributed by atoms with Gasteiger partial charge in [0, 0.05) is 24.4 Å². The molecular weight excluding hydrogens is 353 g/mol. The van der Waals surface area contributed by atoms with Gasteiger partial charge in [0.15, 0.2) is 5.11 Å². The van der Waals surface area contributed by atoms with E-state index in [9.17, 15) is 18.0 Å². The number of alkyl halides is 3. The molecule has 0 radical (unpaired) electrons. The number of allylic oxidation sites excluding steroid dienone is 4. The summed E-state index contributed by atoms with van der Waals surface area (Å²) >= 11 is 5.25. The van der Waals surface area contributed by atoms with E-state index in [-0.39, 0.29) is 35.1 Å². The molecular formula is C16H17F3N4OS. The molecule has 5 nitrogen and oxygen atoms in total. The molecule has 0 atom stereocenters. The molecule has 2 heterocycles. The third kappa shape index (κ3) is 3.04. The van der Waals surface area contributed by atoms with Crippen molar-refractivity contribution < 1.29 is 18.0 Å². The maximum atomic E-state index is 13.2. The molecule has 2 fully saturated rings. The topological polar surface area (TPSA) is 59.4 Å². The Hall–Kier alpha value is -1.92. The number of halogens is 3. The second-order valence-corrected chi connectivity index (χ2v) is 6.98. The van der Waals surface area contributed by atoms with Crippen LogP contribution in [0.15, 0.2) is 22.9 Å². The molecule has 2 aliphatic heterocycles. The second kappa shape index (κ2) is 6.11. The highest BCUT2D eigenvalue weighted by atomic mass is 32.1. The van der Waals surface area contributed by atoms with Crippen LogP contribution >= 0.6 is 12.2 Å². The van der Waals surface area contributed by atoms with Gasteiger partial charge in [0.05, 0.1) is 11.6 Å². The Morgan fingerprint density at radius 2 is 1.96 bits per heavy atom. The number of thiocarbonyl (C=S) groups is 1. The summed E-state index contributed by atoms with van der Waals surface area (Å²) in [7, 11) is 1.95. The summed E-state index contributed by atoms with van der Waals surface area (Å²) in [6.07, 6.45) is -2.53. The van der Waals surface area contributed by atoms with Crippen LogP contribution in [-0.2, 0) is 4.79 Å². The summed E-state index contributed by atoms with van der Waals surface area (Å²) in [5, 5.41) is 12.1. The molecule has 1 N–H and O–H groups in total. The Kier molecular flexibility index (Phi) is 4.37. The quantitative estimate of drug-likeness (QED) is 0.718. The van der Waals surface area contributed by atoms with Crippen LogP contribution in [0.1, 0.15) is 25.7 Å². The van der Waals surface area contributed by atoms with Crippen molar-refractivity contribution >= 4 is 23.2 Å². The van der Waals surface area contributed by atoms with Gasteiger partial charge in [-0.25, -0.2) is 0 Å². The number of nitriles is 1. The summed E-state index contributed by atoms with van der Waals surface area (Å²) < 4.78 is 39.6. The molecule has 3 rings (SSSR count). The zero-order valence-corrected chi connectivity index (χ0v) is 14.4. The van der Waals surface area contributed by atoms with E-state index in [1.807, 2.05) is 7.05 Å². The summed E-state index contributed by atoms with van der Waals surface area (Å²) in [6.45, 7) is 1.42. The van der Waals surface area contributed by atoms with E-state index in [4.69, 9.17) is 17.5 Å². The lowest BCUT2D eigenvalue weighted by atomic mass is 9.87. The van der Waals surface area contributed by atoms with Gasteiger partial charge >= 0.3 is 6.18 Å². The van der Waals surface area contributed by atoms with Crippen molar-refractivity contribution in [2.24, 2.45) is 0 Å². The summed E-state index contributed by atoms with van der Waals surface area (Å²) in [4.78, 5) is 16.2. The minimum atomic E-state index is -4.64. The molecule has 2 saturated heterocycles. The molecule has 3 aliphatic rings. The van der Waals surface area contributed by atoms with Crippen molar-refractivity contribution in [2.45, 2.75) is 37.4 Å². The highest BCUT2D eigenvalue weighted by Gasteiger charge is 2.51. The van der Waals surface area contributed by atoms with Crippen LogP contribution in [0.2, 0.25) is 0 Å². The fraction of sp³-hybridized carbons (Fsp3) is 0.562. The van der Waals surface area contributed by atoms with Crippen LogP contribution in [0.3, 0.4) is 0 Å². The smallest absolute Gasteiger partial charge is 0.347 e. The SMILES string of the molecule is CN1CCC2(CC1)NC(=S)N(C1=CC(C(F)(F)F)=C(C#N)CC1)C2=O. The van der Waals surface area contributed by atoms with Crippen molar-refractivity contribution in [3.8, 4) is 6.07 Å². The highest BCUT2D eigenvalue weighted by Crippen LogP contribution is 2.39. The Morgan fingerprint density at radius 1 is 1.32 bits per heavy atom. The lowest BCUT2D eigenvalue weighted by Gasteiger charge is -2.35. The fourth-order valence-electron chi connectivity index (χ4n) is 3.48. The van der Waals surface area contributed by atoms with E-state index >= 15 is 0 Å². The third-order valence-electron chi connectivity index (χ3n) is 5.00. The normalized spacial score (nSPS) is 24.4. The molecule has 0 unspecified atom stereocenters. The van der Waals surface area contributed by atoms with Crippen LogP contribution in [0.25, 0.3) is 0 Å². The van der Waals surface area contributed by atoms with Crippen molar-refractivity contribution in [2.75, 3.05) is 20.1 Å². The van der Waals surface area contributed by atoms with Gasteiger partial charge in [0.1, 0.15) is 5.54 Å². The van der Waals surface area contributed by atoms with Gasteiger partial charge in [-0.3, -0.25) is 9.69 Å². The number of nitrogens with one attached hydrogen (secondary N) is 1. The zero-order chi connectivity index (χ0) is 18.4. The van der Waals surface area contributed by atoms with E-state index in [1.54, 1.807) is 6.07 Å². The number of carbonyl (C=O) groups is 1. The molecule has 0 bridgehead atoms. The first kappa shape index (κ1) is 17.9. The fourth-order valence-corrected chi connectivity index (χ4v) is 3.87. The van der Waals surface area contributed by atoms with Crippen LogP contribution in [0, 0.1) is 11.3 Å². The molecule has 9 heteroatoms. The van der Waals surface area contributed by atoms with E-state index < -0.39 is 17.3 Å². The predicted molar refractivity (Wildman–Crippen MR) is 88.1 cm³/mol. The Bertz CT molecular complexity index is 727. The van der Waals surface area contributed by atoms with Gasteiger partial charge in [0.2, 0.25) is 0 Å². The van der Waals surface area contributed by atoms with Crippen LogP contribution in [-0.4, -0.2) is 52.7 Å². The zero-order valence-electron chi connectivity index (χ0n) is 13.6. The summed E-state index contributed by atoms with van der Waals surface area (Å²) in [5.41, 5.74) is -1.93. The van der Waals surface area contributed by atoms with Gasteiger partial charge < -0.3 is 10.2 Å². The van der Waals surface area contributed by atoms with Gasteiger partial charge in [0.25, 0.3) is 5.91 Å². The third-order valence-corrected chi connectivity index (χ3v) is 5.28. The van der Waals surface area contributed by atoms with Crippen molar-refractivity contribution in [1.29, 1.82) is 5.26 Å². The van der Waals surface area contributed by atoms with Gasteiger partial charge in [-0.2, -0.15) is 18.4 Å². The first-order valence-corrected chi connectivity index (χ1v) is 8.35. The van der Waals surface area contributed by atoms with E-state index in [0.717, 1.165) is 6.08 Å². The van der Waals surface area contributed by atoms with Crippen LogP contribution < -0.4 is 5.32 Å². The van der Waals surface area contributed by atoms with Crippen molar-refractivity contribution in [3.05, 3.63) is 22.9 Å². The second-order valence-electron chi connectivity index (χ2n) is 6.59. The molecule has 0 aromatic carbocycles. The number of hydrogen-bond donors (Lipinski definition) is 1. The van der Waals surface area contributed by atoms with Crippen LogP contribution in [0.5, 0.6) is 0 Å². The standard InChI is InChI=1S/C16H17F3N4OS/c1-22-6-4-15(5-7-22)13(24)23(14(25)21-15)11-3-2-10(9-20)12(8-11)16(17,18)19/h8H,2-7H2,1H3,(H,21,25). The first-order chi connectivity index (χ1) is 11.7. The maximum absolute atomic E-state index is 13.2. The lowest BCUT2D eigenvalue weighted by Crippen LogP contribution is -2.54. The molecule has 1 aliphatic carbocycles. The number of carbonyl (C=O) groups excluding carboxylic acids is 1. The van der Waals surface area contributed by atoms with E-state index in [1.165, 1.54) is 4.90 Å². The molecule has 1 spiro atoms. The number of likely N-dealkylation sites (tertiary alicyclic amines) is 1. The Morgan fingerprint density at radius 3 is 2.52 bits per heavy atom. The molecule has 0 aromatic heterocycles. The average Bonchev–Trinajstić information content (AvgIpc) is 2.79. The van der Waals surface area contributed by atoms with E-state index in [2.05, 4.69) is 10.2 Å². The van der Waals surface area contributed by atoms with Gasteiger partial charge in [-0.05, 0) is 51.0 Å². The van der Waals surface area contributed by atoms with Crippen molar-refractivity contribution in [1.82, 2.24) is 15.1 Å². The van der Waals surface area contributed by atoms with Gasteiger partial charge in [-0.15, -0.1) is 0 Å². The number of rotatable bonds is 1. The predicted octanol–water partition coefficient (Wildman–Crippen LogP) is 2.23. The number of nitrogens with zero attached hydrogens (tertiary/aromatic N) is 3. The lowest BCUT2D eigenvalue weighted by molar-refractivity contribution is -0.131. The minimum Gasteiger partial charge on any atom is -0.347 e. The average molecular weight is 370 g/mol. The Balaban J connectivity index is 1.93. The molecule has 0 saturated carbocycles. The largest absolute Gasteiger partial charge is 0.417 e. The molecule has 25 heavy (non-hydrogen) atoms. The number of amides is 1. The molecule has 0 aromatic rings. The minimum absolute atomic E-state index is 0.0562. The highest BCUT2D eigenvalue weighted by molar-refractivity contribution is 7.80. The monoisotopic (exact) mass is 370 g/mol. The number of hydrogen-bond acceptors (Lipinski definition) is 4. The summed E-state index contributed by atoms with van der Waals surface area (Å²) in [6, 6.07) is 1.61. The summed E-state index contributed by atoms with van der Waals surface area (Å²) in [5.74, 6) is -0.293. The van der Waals surface area contributed by atoms with Gasteiger partial charge in [-0.1, -0.05) is 0 Å². The molecule has 134 valence electrons. The molecule has 1 amide bonds. The Labute approximate surface area is 148 Å². The maximum Gasteiger partial charge on any atom is 0.417 e. The van der Waals surface area contributed by atoms with E-state index in [0.29, 0.717) is 25.9 Å².